The Bertz CT molecular complexity index is 1560. The van der Waals surface area contributed by atoms with Crippen molar-refractivity contribution < 1.29 is 23.8 Å². The van der Waals surface area contributed by atoms with Gasteiger partial charge >= 0.3 is 5.97 Å². The molecule has 7 heteroatoms. The quantitative estimate of drug-likeness (QED) is 0.202. The average Bonchev–Trinajstić information content (AvgIpc) is 3.45. The fraction of sp³-hybridized carbons (Fsp3) is 0.0625. The van der Waals surface area contributed by atoms with Gasteiger partial charge in [-0.05, 0) is 77.4 Å². The Hall–Kier alpha value is -4.81. The summed E-state index contributed by atoms with van der Waals surface area (Å²) in [4.78, 5) is 24.4. The van der Waals surface area contributed by atoms with Crippen molar-refractivity contribution in [1.29, 1.82) is 0 Å². The summed E-state index contributed by atoms with van der Waals surface area (Å²) in [5, 5.41) is 13.1. The Labute approximate surface area is 230 Å². The zero-order valence-electron chi connectivity index (χ0n) is 20.7. The number of aliphatic carboxylic acids is 1. The van der Waals surface area contributed by atoms with Crippen LogP contribution >= 0.6 is 11.6 Å². The van der Waals surface area contributed by atoms with Crippen molar-refractivity contribution in [2.24, 2.45) is 0 Å². The van der Waals surface area contributed by atoms with Gasteiger partial charge in [-0.15, -0.1) is 0 Å². The highest BCUT2D eigenvalue weighted by molar-refractivity contribution is 6.30. The van der Waals surface area contributed by atoms with E-state index in [-0.39, 0.29) is 18.1 Å². The molecule has 4 aromatic carbocycles. The molecule has 0 bridgehead atoms. The number of ether oxygens (including phenoxy) is 1. The van der Waals surface area contributed by atoms with Crippen molar-refractivity contribution in [3.05, 3.63) is 132 Å². The van der Waals surface area contributed by atoms with Crippen LogP contribution < -0.4 is 10.1 Å². The zero-order chi connectivity index (χ0) is 27.2. The fourth-order valence-electron chi connectivity index (χ4n) is 4.07. The van der Waals surface area contributed by atoms with E-state index in [9.17, 15) is 14.7 Å². The summed E-state index contributed by atoms with van der Waals surface area (Å²) >= 11 is 5.94. The molecule has 0 radical (unpaired) electrons. The number of halogens is 1. The summed E-state index contributed by atoms with van der Waals surface area (Å²) in [5.41, 5.74) is 4.20. The molecule has 5 aromatic rings. The first-order valence-electron chi connectivity index (χ1n) is 12.3. The van der Waals surface area contributed by atoms with Crippen LogP contribution in [0.4, 0.5) is 5.69 Å². The largest absolute Gasteiger partial charge is 0.478 e. The smallest absolute Gasteiger partial charge is 0.345 e. The third kappa shape index (κ3) is 6.55. The van der Waals surface area contributed by atoms with Crippen molar-refractivity contribution in [1.82, 2.24) is 0 Å². The summed E-state index contributed by atoms with van der Waals surface area (Å²) < 4.78 is 11.5. The van der Waals surface area contributed by atoms with E-state index < -0.39 is 12.1 Å². The molecule has 1 amide bonds. The maximum Gasteiger partial charge on any atom is 0.345 e. The molecule has 0 spiro atoms. The molecule has 5 rings (SSSR count). The molecule has 0 aliphatic carbocycles. The van der Waals surface area contributed by atoms with Gasteiger partial charge in [-0.2, -0.15) is 0 Å². The monoisotopic (exact) mass is 537 g/mol. The molecule has 1 aromatic heterocycles. The van der Waals surface area contributed by atoms with Gasteiger partial charge in [0, 0.05) is 22.7 Å². The summed E-state index contributed by atoms with van der Waals surface area (Å²) in [6.45, 7) is 0. The first kappa shape index (κ1) is 25.8. The van der Waals surface area contributed by atoms with Gasteiger partial charge in [-0.3, -0.25) is 4.79 Å². The third-order valence-corrected chi connectivity index (χ3v) is 6.36. The number of nitrogens with one attached hydrogen (secondary N) is 1. The van der Waals surface area contributed by atoms with Crippen molar-refractivity contribution in [2.45, 2.75) is 12.5 Å². The molecule has 1 heterocycles. The zero-order valence-corrected chi connectivity index (χ0v) is 21.5. The number of carbonyl (C=O) groups excluding carboxylic acids is 1. The second-order valence-corrected chi connectivity index (χ2v) is 9.30. The van der Waals surface area contributed by atoms with Crippen molar-refractivity contribution in [3.8, 4) is 28.2 Å². The second-order valence-electron chi connectivity index (χ2n) is 8.86. The number of anilines is 1. The van der Waals surface area contributed by atoms with Gasteiger partial charge in [-0.1, -0.05) is 66.2 Å². The molecule has 2 N–H and O–H groups in total. The molecule has 1 unspecified atom stereocenters. The van der Waals surface area contributed by atoms with Crippen LogP contribution in [-0.2, 0) is 11.2 Å². The van der Waals surface area contributed by atoms with E-state index >= 15 is 0 Å². The van der Waals surface area contributed by atoms with Crippen LogP contribution in [0.2, 0.25) is 5.02 Å². The Kier molecular flexibility index (Phi) is 7.75. The van der Waals surface area contributed by atoms with Gasteiger partial charge in [0.2, 0.25) is 0 Å². The Morgan fingerprint density at radius 2 is 1.38 bits per heavy atom. The SMILES string of the molecule is O=C(Nc1ccc(-c2ccc(OC(Cc3ccccc3)C(=O)O)cc2)cc1)c1ccc(-c2ccc(Cl)cc2)o1. The van der Waals surface area contributed by atoms with Gasteiger partial charge in [0.25, 0.3) is 5.91 Å². The maximum atomic E-state index is 12.7. The lowest BCUT2D eigenvalue weighted by Crippen LogP contribution is -2.29. The second kappa shape index (κ2) is 11.7. The van der Waals surface area contributed by atoms with E-state index in [0.29, 0.717) is 22.2 Å². The summed E-state index contributed by atoms with van der Waals surface area (Å²) in [6, 6.07) is 34.6. The summed E-state index contributed by atoms with van der Waals surface area (Å²) in [7, 11) is 0. The van der Waals surface area contributed by atoms with E-state index in [1.807, 2.05) is 66.7 Å². The minimum Gasteiger partial charge on any atom is -0.478 e. The normalized spacial score (nSPS) is 11.5. The minimum atomic E-state index is -1.02. The highest BCUT2D eigenvalue weighted by Crippen LogP contribution is 2.27. The van der Waals surface area contributed by atoms with Crippen molar-refractivity contribution in [3.63, 3.8) is 0 Å². The fourth-order valence-corrected chi connectivity index (χ4v) is 4.19. The molecule has 0 saturated heterocycles. The molecule has 6 nitrogen and oxygen atoms in total. The number of amides is 1. The number of furan rings is 1. The lowest BCUT2D eigenvalue weighted by atomic mass is 10.0. The molecular weight excluding hydrogens is 514 g/mol. The highest BCUT2D eigenvalue weighted by Gasteiger charge is 2.20. The Balaban J connectivity index is 1.20. The van der Waals surface area contributed by atoms with E-state index in [0.717, 1.165) is 22.3 Å². The van der Waals surface area contributed by atoms with Crippen LogP contribution in [0.3, 0.4) is 0 Å². The summed E-state index contributed by atoms with van der Waals surface area (Å²) in [6.07, 6.45) is -0.719. The standard InChI is InChI=1S/C32H24ClNO5/c33-25-12-6-24(7-13-25)28-18-19-29(39-28)31(35)34-26-14-8-22(9-15-26)23-10-16-27(17-11-23)38-30(32(36)37)20-21-4-2-1-3-5-21/h1-19,30H,20H2,(H,34,35)(H,36,37). The summed E-state index contributed by atoms with van der Waals surface area (Å²) in [5.74, 6) is -0.118. The van der Waals surface area contributed by atoms with Crippen LogP contribution in [0, 0.1) is 0 Å². The lowest BCUT2D eigenvalue weighted by molar-refractivity contribution is -0.145. The number of hydrogen-bond acceptors (Lipinski definition) is 4. The molecule has 1 atom stereocenters. The van der Waals surface area contributed by atoms with Crippen LogP contribution in [-0.4, -0.2) is 23.1 Å². The van der Waals surface area contributed by atoms with Gasteiger partial charge < -0.3 is 19.6 Å². The molecule has 0 saturated carbocycles. The highest BCUT2D eigenvalue weighted by atomic mass is 35.5. The number of carboxylic acid groups (broad SMARTS) is 1. The van der Waals surface area contributed by atoms with Gasteiger partial charge in [0.15, 0.2) is 11.9 Å². The van der Waals surface area contributed by atoms with Gasteiger partial charge in [0.05, 0.1) is 0 Å². The Morgan fingerprint density at radius 3 is 2.03 bits per heavy atom. The van der Waals surface area contributed by atoms with E-state index in [1.165, 1.54) is 0 Å². The Morgan fingerprint density at radius 1 is 0.769 bits per heavy atom. The molecule has 39 heavy (non-hydrogen) atoms. The topological polar surface area (TPSA) is 88.8 Å². The number of carboxylic acids is 1. The molecular formula is C32H24ClNO5. The average molecular weight is 538 g/mol. The van der Waals surface area contributed by atoms with Crippen molar-refractivity contribution in [2.75, 3.05) is 5.32 Å². The van der Waals surface area contributed by atoms with E-state index in [4.69, 9.17) is 20.8 Å². The number of benzene rings is 4. The predicted octanol–water partition coefficient (Wildman–Crippen LogP) is 7.59. The first-order valence-corrected chi connectivity index (χ1v) is 12.6. The number of hydrogen-bond donors (Lipinski definition) is 2. The van der Waals surface area contributed by atoms with Crippen LogP contribution in [0.5, 0.6) is 5.75 Å². The first-order chi connectivity index (χ1) is 18.9. The van der Waals surface area contributed by atoms with Crippen LogP contribution in [0.15, 0.2) is 120 Å². The maximum absolute atomic E-state index is 12.7. The van der Waals surface area contributed by atoms with Crippen LogP contribution in [0.25, 0.3) is 22.5 Å². The molecule has 0 aliphatic rings. The molecule has 0 aliphatic heterocycles. The van der Waals surface area contributed by atoms with E-state index in [2.05, 4.69) is 5.32 Å². The minimum absolute atomic E-state index is 0.201. The predicted molar refractivity (Wildman–Crippen MR) is 151 cm³/mol. The number of rotatable bonds is 9. The number of carbonyl (C=O) groups is 2. The van der Waals surface area contributed by atoms with E-state index in [1.54, 1.807) is 48.5 Å². The van der Waals surface area contributed by atoms with Gasteiger partial charge in [0.1, 0.15) is 11.5 Å². The lowest BCUT2D eigenvalue weighted by Gasteiger charge is -2.15. The van der Waals surface area contributed by atoms with Crippen molar-refractivity contribution >= 4 is 29.2 Å². The molecule has 194 valence electrons. The van der Waals surface area contributed by atoms with Crippen LogP contribution in [0.1, 0.15) is 16.1 Å². The third-order valence-electron chi connectivity index (χ3n) is 6.11. The van der Waals surface area contributed by atoms with Gasteiger partial charge in [-0.25, -0.2) is 4.79 Å². The molecule has 0 fully saturated rings.